The summed E-state index contributed by atoms with van der Waals surface area (Å²) < 4.78 is 3.94. The maximum Gasteiger partial charge on any atom is 0.243 e. The van der Waals surface area contributed by atoms with Gasteiger partial charge in [0.25, 0.3) is 0 Å². The van der Waals surface area contributed by atoms with Crippen LogP contribution < -0.4 is 15.5 Å². The van der Waals surface area contributed by atoms with Crippen molar-refractivity contribution in [2.24, 2.45) is 0 Å². The number of carbonyl (C=O) groups excluding carboxylic acids is 1. The van der Waals surface area contributed by atoms with Crippen molar-refractivity contribution in [3.8, 4) is 0 Å². The average molecular weight is 529 g/mol. The molecule has 1 aromatic carbocycles. The molecule has 0 aliphatic carbocycles. The Morgan fingerprint density at radius 1 is 1.21 bits per heavy atom. The summed E-state index contributed by atoms with van der Waals surface area (Å²) in [5.74, 6) is 1.17. The van der Waals surface area contributed by atoms with E-state index in [1.54, 1.807) is 12.3 Å². The number of hydrogen-bond donors (Lipinski definition) is 2. The van der Waals surface area contributed by atoms with Crippen LogP contribution in [0.1, 0.15) is 31.9 Å². The maximum absolute atomic E-state index is 12.4. The molecule has 1 saturated heterocycles. The highest BCUT2D eigenvalue weighted by molar-refractivity contribution is 5.88. The second-order valence-corrected chi connectivity index (χ2v) is 10.4. The van der Waals surface area contributed by atoms with E-state index in [9.17, 15) is 4.79 Å². The molecule has 4 aromatic rings. The van der Waals surface area contributed by atoms with Crippen LogP contribution in [-0.2, 0) is 11.3 Å². The van der Waals surface area contributed by atoms with Crippen LogP contribution in [0.25, 0.3) is 11.2 Å². The highest BCUT2D eigenvalue weighted by Gasteiger charge is 2.27. The van der Waals surface area contributed by atoms with Gasteiger partial charge in [0.2, 0.25) is 11.9 Å². The van der Waals surface area contributed by atoms with Gasteiger partial charge < -0.3 is 25.0 Å². The first-order valence-corrected chi connectivity index (χ1v) is 13.3. The smallest absolute Gasteiger partial charge is 0.243 e. The van der Waals surface area contributed by atoms with Crippen molar-refractivity contribution in [2.45, 2.75) is 38.9 Å². The first-order chi connectivity index (χ1) is 18.9. The van der Waals surface area contributed by atoms with Gasteiger partial charge in [-0.15, -0.1) is 0 Å². The molecule has 1 amide bonds. The van der Waals surface area contributed by atoms with Gasteiger partial charge >= 0.3 is 0 Å². The summed E-state index contributed by atoms with van der Waals surface area (Å²) in [6, 6.07) is 10.4. The Bertz CT molecular complexity index is 1440. The number of anilines is 3. The molecule has 1 atom stereocenters. The van der Waals surface area contributed by atoms with Gasteiger partial charge in [-0.25, -0.2) is 4.98 Å². The van der Waals surface area contributed by atoms with E-state index in [1.807, 2.05) is 60.5 Å². The zero-order valence-electron chi connectivity index (χ0n) is 22.9. The average Bonchev–Trinajstić information content (AvgIpc) is 3.64. The van der Waals surface area contributed by atoms with Crippen molar-refractivity contribution in [3.63, 3.8) is 0 Å². The van der Waals surface area contributed by atoms with Gasteiger partial charge in [0, 0.05) is 44.0 Å². The zero-order valence-corrected chi connectivity index (χ0v) is 22.9. The molecule has 1 aliphatic rings. The van der Waals surface area contributed by atoms with Gasteiger partial charge in [0.15, 0.2) is 17.0 Å². The number of carbonyl (C=O) groups is 1. The molecule has 11 heteroatoms. The molecule has 5 rings (SSSR count). The van der Waals surface area contributed by atoms with Gasteiger partial charge in [-0.3, -0.25) is 9.48 Å². The van der Waals surface area contributed by atoms with E-state index in [-0.39, 0.29) is 18.0 Å². The first-order valence-electron chi connectivity index (χ1n) is 13.3. The fraction of sp³-hybridized carbons (Fsp3) is 0.393. The molecule has 0 bridgehead atoms. The minimum atomic E-state index is -0.0761. The van der Waals surface area contributed by atoms with Crippen LogP contribution in [0, 0.1) is 0 Å². The highest BCUT2D eigenvalue weighted by atomic mass is 16.1. The summed E-state index contributed by atoms with van der Waals surface area (Å²) in [7, 11) is 3.94. The Morgan fingerprint density at radius 3 is 2.79 bits per heavy atom. The van der Waals surface area contributed by atoms with Gasteiger partial charge in [0.05, 0.1) is 24.8 Å². The summed E-state index contributed by atoms with van der Waals surface area (Å²) in [5.41, 5.74) is 3.48. The SMILES string of the molecule is CC(C)n1cnc2c(Nc3cnn(Cc4ccccc4)c3)nc(N3CCC(NC(=O)/C=C/CN(C)C)C3)nc21. The molecule has 11 nitrogen and oxygen atoms in total. The van der Waals surface area contributed by atoms with Crippen LogP contribution >= 0.6 is 0 Å². The van der Waals surface area contributed by atoms with Crippen LogP contribution in [0.15, 0.2) is 61.2 Å². The zero-order chi connectivity index (χ0) is 27.4. The topological polar surface area (TPSA) is 109 Å². The number of imidazole rings is 1. The molecule has 0 radical (unpaired) electrons. The van der Waals surface area contributed by atoms with Gasteiger partial charge in [-0.2, -0.15) is 15.1 Å². The van der Waals surface area contributed by atoms with Crippen molar-refractivity contribution in [1.82, 2.24) is 39.5 Å². The van der Waals surface area contributed by atoms with E-state index in [0.717, 1.165) is 30.8 Å². The summed E-state index contributed by atoms with van der Waals surface area (Å²) in [4.78, 5) is 30.9. The number of nitrogens with zero attached hydrogens (tertiary/aromatic N) is 8. The summed E-state index contributed by atoms with van der Waals surface area (Å²) >= 11 is 0. The third kappa shape index (κ3) is 6.43. The van der Waals surface area contributed by atoms with Crippen LogP contribution in [0.5, 0.6) is 0 Å². The van der Waals surface area contributed by atoms with Gasteiger partial charge in [0.1, 0.15) is 0 Å². The van der Waals surface area contributed by atoms with E-state index in [0.29, 0.717) is 30.4 Å². The van der Waals surface area contributed by atoms with Crippen LogP contribution in [-0.4, -0.2) is 79.9 Å². The Hall–Kier alpha value is -4.25. The lowest BCUT2D eigenvalue weighted by Crippen LogP contribution is -2.36. The van der Waals surface area contributed by atoms with Gasteiger partial charge in [-0.1, -0.05) is 36.4 Å². The van der Waals surface area contributed by atoms with E-state index in [1.165, 1.54) is 5.56 Å². The standard InChI is InChI=1S/C28H36N10O/c1-20(2)38-19-29-25-26(32-23-15-30-37(18-23)16-21-9-6-5-7-10-21)33-28(34-27(25)38)36-14-12-22(17-36)31-24(39)11-8-13-35(3)4/h5-11,15,18-20,22H,12-14,16-17H2,1-4H3,(H,31,39)(H,32,33,34)/b11-8+. The summed E-state index contributed by atoms with van der Waals surface area (Å²) in [5, 5.41) is 11.0. The van der Waals surface area contributed by atoms with Crippen LogP contribution in [0.4, 0.5) is 17.5 Å². The number of rotatable bonds is 10. The lowest BCUT2D eigenvalue weighted by Gasteiger charge is -2.18. The largest absolute Gasteiger partial charge is 0.348 e. The Balaban J connectivity index is 1.35. The third-order valence-corrected chi connectivity index (χ3v) is 6.61. The molecule has 39 heavy (non-hydrogen) atoms. The Kier molecular flexibility index (Phi) is 7.87. The van der Waals surface area contributed by atoms with E-state index in [4.69, 9.17) is 9.97 Å². The molecule has 1 aliphatic heterocycles. The molecule has 0 saturated carbocycles. The fourth-order valence-corrected chi connectivity index (χ4v) is 4.61. The predicted molar refractivity (Wildman–Crippen MR) is 153 cm³/mol. The molecular weight excluding hydrogens is 492 g/mol. The van der Waals surface area contributed by atoms with E-state index < -0.39 is 0 Å². The molecule has 3 aromatic heterocycles. The molecule has 0 spiro atoms. The number of amides is 1. The molecule has 1 unspecified atom stereocenters. The van der Waals surface area contributed by atoms with Crippen LogP contribution in [0.2, 0.25) is 0 Å². The predicted octanol–water partition coefficient (Wildman–Crippen LogP) is 3.21. The number of aromatic nitrogens is 6. The molecule has 204 valence electrons. The number of hydrogen-bond acceptors (Lipinski definition) is 8. The molecule has 2 N–H and O–H groups in total. The minimum Gasteiger partial charge on any atom is -0.348 e. The lowest BCUT2D eigenvalue weighted by atomic mass is 10.2. The van der Waals surface area contributed by atoms with Gasteiger partial charge in [-0.05, 0) is 39.9 Å². The number of likely N-dealkylation sites (N-methyl/N-ethyl adjacent to an activating group) is 1. The first kappa shape index (κ1) is 26.4. The summed E-state index contributed by atoms with van der Waals surface area (Å²) in [6.07, 6.45) is 9.86. The monoisotopic (exact) mass is 528 g/mol. The van der Waals surface area contributed by atoms with Crippen molar-refractivity contribution in [3.05, 3.63) is 66.8 Å². The van der Waals surface area contributed by atoms with Crippen molar-refractivity contribution < 1.29 is 4.79 Å². The van der Waals surface area contributed by atoms with Crippen LogP contribution in [0.3, 0.4) is 0 Å². The van der Waals surface area contributed by atoms with Crippen molar-refractivity contribution in [1.29, 1.82) is 0 Å². The summed E-state index contributed by atoms with van der Waals surface area (Å²) in [6.45, 7) is 7.01. The normalized spacial score (nSPS) is 15.7. The molecule has 4 heterocycles. The molecular formula is C28H36N10O. The van der Waals surface area contributed by atoms with Crippen molar-refractivity contribution >= 4 is 34.5 Å². The van der Waals surface area contributed by atoms with E-state index in [2.05, 4.69) is 56.2 Å². The minimum absolute atomic E-state index is 0.0310. The number of fused-ring (bicyclic) bond motifs is 1. The van der Waals surface area contributed by atoms with Crippen molar-refractivity contribution in [2.75, 3.05) is 43.9 Å². The quantitative estimate of drug-likeness (QED) is 0.302. The third-order valence-electron chi connectivity index (χ3n) is 6.61. The second kappa shape index (κ2) is 11.6. The maximum atomic E-state index is 12.4. The Morgan fingerprint density at radius 2 is 2.03 bits per heavy atom. The fourth-order valence-electron chi connectivity index (χ4n) is 4.61. The number of benzene rings is 1. The van der Waals surface area contributed by atoms with E-state index >= 15 is 0 Å². The lowest BCUT2D eigenvalue weighted by molar-refractivity contribution is -0.117. The highest BCUT2D eigenvalue weighted by Crippen LogP contribution is 2.28. The molecule has 1 fully saturated rings. The second-order valence-electron chi connectivity index (χ2n) is 10.4. The Labute approximate surface area is 228 Å². The number of nitrogens with one attached hydrogen (secondary N) is 2.